The van der Waals surface area contributed by atoms with Crippen molar-refractivity contribution in [1.82, 2.24) is 9.88 Å². The normalized spacial score (nSPS) is 10.4. The summed E-state index contributed by atoms with van der Waals surface area (Å²) in [4.78, 5) is 23.9. The molecule has 0 spiro atoms. The van der Waals surface area contributed by atoms with Gasteiger partial charge in [0.05, 0.1) is 6.54 Å². The van der Waals surface area contributed by atoms with E-state index in [0.29, 0.717) is 18.7 Å². The minimum atomic E-state index is -0.0867. The summed E-state index contributed by atoms with van der Waals surface area (Å²) in [5, 5.41) is 2.92. The molecule has 1 amide bonds. The van der Waals surface area contributed by atoms with Crippen molar-refractivity contribution in [2.24, 2.45) is 0 Å². The SMILES string of the molecule is O=C(NCc1ccc(Cn2ccccc2=O)cc1)c1ccc(I)cc1. The van der Waals surface area contributed by atoms with E-state index in [1.54, 1.807) is 22.9 Å². The largest absolute Gasteiger partial charge is 0.348 e. The highest BCUT2D eigenvalue weighted by atomic mass is 127. The van der Waals surface area contributed by atoms with Gasteiger partial charge in [0.2, 0.25) is 0 Å². The molecule has 0 aliphatic rings. The van der Waals surface area contributed by atoms with Gasteiger partial charge in [-0.25, -0.2) is 0 Å². The van der Waals surface area contributed by atoms with Crippen LogP contribution in [0.2, 0.25) is 0 Å². The Labute approximate surface area is 159 Å². The number of aromatic nitrogens is 1. The molecule has 0 bridgehead atoms. The number of pyridine rings is 1. The van der Waals surface area contributed by atoms with E-state index in [1.807, 2.05) is 54.6 Å². The van der Waals surface area contributed by atoms with Gasteiger partial charge in [0.15, 0.2) is 0 Å². The number of carbonyl (C=O) groups excluding carboxylic acids is 1. The van der Waals surface area contributed by atoms with Crippen molar-refractivity contribution in [3.05, 3.63) is 104 Å². The molecule has 1 aromatic heterocycles. The van der Waals surface area contributed by atoms with Crippen LogP contribution in [0.5, 0.6) is 0 Å². The number of halogens is 1. The molecule has 0 atom stereocenters. The standard InChI is InChI=1S/C20H17IN2O2/c21-18-10-8-17(9-11-18)20(25)22-13-15-4-6-16(7-5-15)14-23-12-2-1-3-19(23)24/h1-12H,13-14H2,(H,22,25). The van der Waals surface area contributed by atoms with E-state index in [9.17, 15) is 9.59 Å². The van der Waals surface area contributed by atoms with Crippen LogP contribution in [-0.4, -0.2) is 10.5 Å². The Balaban J connectivity index is 1.59. The summed E-state index contributed by atoms with van der Waals surface area (Å²) in [7, 11) is 0. The predicted molar refractivity (Wildman–Crippen MR) is 107 cm³/mol. The molecule has 4 nitrogen and oxygen atoms in total. The summed E-state index contributed by atoms with van der Waals surface area (Å²) in [5.74, 6) is -0.0867. The number of hydrogen-bond acceptors (Lipinski definition) is 2. The van der Waals surface area contributed by atoms with Crippen LogP contribution in [0.3, 0.4) is 0 Å². The highest BCUT2D eigenvalue weighted by Crippen LogP contribution is 2.08. The highest BCUT2D eigenvalue weighted by Gasteiger charge is 2.05. The predicted octanol–water partition coefficient (Wildman–Crippen LogP) is 3.43. The average molecular weight is 444 g/mol. The molecule has 2 aromatic carbocycles. The summed E-state index contributed by atoms with van der Waals surface area (Å²) < 4.78 is 2.76. The van der Waals surface area contributed by atoms with Crippen molar-refractivity contribution in [3.8, 4) is 0 Å². The molecule has 3 aromatic rings. The van der Waals surface area contributed by atoms with Crippen molar-refractivity contribution < 1.29 is 4.79 Å². The zero-order chi connectivity index (χ0) is 17.6. The maximum absolute atomic E-state index is 12.1. The third-order valence-electron chi connectivity index (χ3n) is 3.83. The summed E-state index contributed by atoms with van der Waals surface area (Å²) in [6.45, 7) is 1.01. The molecule has 0 aliphatic carbocycles. The Bertz CT molecular complexity index is 915. The number of nitrogens with one attached hydrogen (secondary N) is 1. The highest BCUT2D eigenvalue weighted by molar-refractivity contribution is 14.1. The molecular weight excluding hydrogens is 427 g/mol. The van der Waals surface area contributed by atoms with Gasteiger partial charge >= 0.3 is 0 Å². The van der Waals surface area contributed by atoms with E-state index >= 15 is 0 Å². The van der Waals surface area contributed by atoms with E-state index in [1.165, 1.54) is 0 Å². The lowest BCUT2D eigenvalue weighted by Gasteiger charge is -2.08. The lowest BCUT2D eigenvalue weighted by atomic mass is 10.1. The van der Waals surface area contributed by atoms with Crippen LogP contribution in [0.1, 0.15) is 21.5 Å². The second-order valence-corrected chi connectivity index (χ2v) is 6.92. The van der Waals surface area contributed by atoms with E-state index in [2.05, 4.69) is 27.9 Å². The summed E-state index contributed by atoms with van der Waals surface area (Å²) in [5.41, 5.74) is 2.70. The zero-order valence-corrected chi connectivity index (χ0v) is 15.6. The van der Waals surface area contributed by atoms with Crippen LogP contribution < -0.4 is 10.9 Å². The van der Waals surface area contributed by atoms with Gasteiger partial charge in [0.25, 0.3) is 11.5 Å². The van der Waals surface area contributed by atoms with Crippen LogP contribution in [0.4, 0.5) is 0 Å². The fraction of sp³-hybridized carbons (Fsp3) is 0.100. The number of benzene rings is 2. The molecule has 5 heteroatoms. The third-order valence-corrected chi connectivity index (χ3v) is 4.55. The maximum Gasteiger partial charge on any atom is 0.251 e. The molecule has 0 fully saturated rings. The van der Waals surface area contributed by atoms with Crippen molar-refractivity contribution >= 4 is 28.5 Å². The van der Waals surface area contributed by atoms with Crippen molar-refractivity contribution in [3.63, 3.8) is 0 Å². The van der Waals surface area contributed by atoms with Gasteiger partial charge < -0.3 is 9.88 Å². The molecule has 0 unspecified atom stereocenters. The fourth-order valence-electron chi connectivity index (χ4n) is 2.44. The van der Waals surface area contributed by atoms with Gasteiger partial charge in [-0.05, 0) is 64.0 Å². The van der Waals surface area contributed by atoms with E-state index in [0.717, 1.165) is 14.7 Å². The molecule has 0 saturated carbocycles. The fourth-order valence-corrected chi connectivity index (χ4v) is 2.80. The molecular formula is C20H17IN2O2. The summed E-state index contributed by atoms with van der Waals surface area (Å²) in [6, 6.07) is 20.5. The Kier molecular flexibility index (Phi) is 5.65. The summed E-state index contributed by atoms with van der Waals surface area (Å²) >= 11 is 2.21. The number of rotatable bonds is 5. The van der Waals surface area contributed by atoms with Crippen LogP contribution in [0.25, 0.3) is 0 Å². The monoisotopic (exact) mass is 444 g/mol. The zero-order valence-electron chi connectivity index (χ0n) is 13.5. The van der Waals surface area contributed by atoms with Crippen LogP contribution in [0, 0.1) is 3.57 Å². The van der Waals surface area contributed by atoms with Crippen molar-refractivity contribution in [2.75, 3.05) is 0 Å². The second kappa shape index (κ2) is 8.11. The Morgan fingerprint density at radius 3 is 2.28 bits per heavy atom. The molecule has 0 saturated heterocycles. The molecule has 0 aliphatic heterocycles. The first kappa shape index (κ1) is 17.4. The van der Waals surface area contributed by atoms with Crippen LogP contribution in [0.15, 0.2) is 77.7 Å². The number of carbonyl (C=O) groups is 1. The Morgan fingerprint density at radius 2 is 1.60 bits per heavy atom. The van der Waals surface area contributed by atoms with Gasteiger partial charge in [-0.1, -0.05) is 30.3 Å². The average Bonchev–Trinajstić information content (AvgIpc) is 2.63. The van der Waals surface area contributed by atoms with Crippen LogP contribution >= 0.6 is 22.6 Å². The first-order chi connectivity index (χ1) is 12.1. The summed E-state index contributed by atoms with van der Waals surface area (Å²) in [6.07, 6.45) is 1.78. The Morgan fingerprint density at radius 1 is 0.920 bits per heavy atom. The molecule has 3 rings (SSSR count). The van der Waals surface area contributed by atoms with E-state index < -0.39 is 0 Å². The van der Waals surface area contributed by atoms with E-state index in [4.69, 9.17) is 0 Å². The first-order valence-electron chi connectivity index (χ1n) is 7.89. The molecule has 1 N–H and O–H groups in total. The van der Waals surface area contributed by atoms with Gasteiger partial charge in [-0.3, -0.25) is 9.59 Å². The van der Waals surface area contributed by atoms with Gasteiger partial charge in [0, 0.05) is 27.9 Å². The molecule has 0 radical (unpaired) electrons. The molecule has 1 heterocycles. The second-order valence-electron chi connectivity index (χ2n) is 5.67. The van der Waals surface area contributed by atoms with Gasteiger partial charge in [-0.2, -0.15) is 0 Å². The van der Waals surface area contributed by atoms with Crippen molar-refractivity contribution in [1.29, 1.82) is 0 Å². The molecule has 25 heavy (non-hydrogen) atoms. The van der Waals surface area contributed by atoms with Gasteiger partial charge in [-0.15, -0.1) is 0 Å². The van der Waals surface area contributed by atoms with E-state index in [-0.39, 0.29) is 11.5 Å². The quantitative estimate of drug-likeness (QED) is 0.614. The van der Waals surface area contributed by atoms with Gasteiger partial charge in [0.1, 0.15) is 0 Å². The third kappa shape index (κ3) is 4.79. The lowest BCUT2D eigenvalue weighted by molar-refractivity contribution is 0.0951. The Hall–Kier alpha value is -2.41. The smallest absolute Gasteiger partial charge is 0.251 e. The first-order valence-corrected chi connectivity index (χ1v) is 8.97. The lowest BCUT2D eigenvalue weighted by Crippen LogP contribution is -2.22. The minimum absolute atomic E-state index is 0.0173. The maximum atomic E-state index is 12.1. The molecule has 126 valence electrons. The number of hydrogen-bond donors (Lipinski definition) is 1. The number of nitrogens with zero attached hydrogens (tertiary/aromatic N) is 1. The van der Waals surface area contributed by atoms with Crippen LogP contribution in [-0.2, 0) is 13.1 Å². The van der Waals surface area contributed by atoms with Crippen molar-refractivity contribution in [2.45, 2.75) is 13.1 Å². The topological polar surface area (TPSA) is 51.1 Å². The minimum Gasteiger partial charge on any atom is -0.348 e. The number of amides is 1.